The number of morpholine rings is 1. The molecule has 4 rings (SSSR count). The number of hydrogen-bond donors (Lipinski definition) is 1. The predicted molar refractivity (Wildman–Crippen MR) is 124 cm³/mol. The fourth-order valence-corrected chi connectivity index (χ4v) is 3.78. The van der Waals surface area contributed by atoms with E-state index in [-0.39, 0.29) is 25.1 Å². The molecule has 2 aromatic rings. The van der Waals surface area contributed by atoms with Crippen LogP contribution in [0.25, 0.3) is 0 Å². The van der Waals surface area contributed by atoms with Crippen LogP contribution in [-0.4, -0.2) is 80.8 Å². The minimum Gasteiger partial charge on any atom is -0.592 e. The number of rotatable bonds is 11. The largest absolute Gasteiger partial charge is 0.592 e. The third-order valence-corrected chi connectivity index (χ3v) is 5.53. The van der Waals surface area contributed by atoms with Gasteiger partial charge >= 0.3 is 5.88 Å². The normalized spacial score (nSPS) is 18.6. The summed E-state index contributed by atoms with van der Waals surface area (Å²) in [6.45, 7) is 6.69. The van der Waals surface area contributed by atoms with Gasteiger partial charge in [0.1, 0.15) is 19.3 Å². The number of hydrogen-bond acceptors (Lipinski definition) is 13. The molecule has 202 valence electrons. The molecule has 0 aliphatic carbocycles. The highest BCUT2D eigenvalue weighted by atomic mass is 17.0. The van der Waals surface area contributed by atoms with Gasteiger partial charge in [-0.05, 0) is 6.07 Å². The van der Waals surface area contributed by atoms with E-state index in [1.807, 2.05) is 18.9 Å². The Morgan fingerprint density at radius 2 is 2.19 bits per heavy atom. The second-order valence-electron chi connectivity index (χ2n) is 8.73. The van der Waals surface area contributed by atoms with Gasteiger partial charge in [0, 0.05) is 24.6 Å². The van der Waals surface area contributed by atoms with Crippen molar-refractivity contribution in [1.82, 2.24) is 10.6 Å². The summed E-state index contributed by atoms with van der Waals surface area (Å²) >= 11 is 0. The molecule has 0 saturated carbocycles. The number of benzene rings is 1. The third-order valence-electron chi connectivity index (χ3n) is 5.53. The molecule has 15 nitrogen and oxygen atoms in total. The van der Waals surface area contributed by atoms with Crippen molar-refractivity contribution in [2.45, 2.75) is 38.5 Å². The van der Waals surface area contributed by atoms with Gasteiger partial charge in [-0.3, -0.25) is 4.52 Å². The molecule has 1 aromatic heterocycles. The summed E-state index contributed by atoms with van der Waals surface area (Å²) in [4.78, 5) is 20.6. The van der Waals surface area contributed by atoms with Crippen molar-refractivity contribution >= 4 is 12.0 Å². The lowest BCUT2D eigenvalue weighted by Crippen LogP contribution is -2.62. The number of nitrogens with one attached hydrogen (secondary N) is 1. The van der Waals surface area contributed by atoms with Crippen LogP contribution in [0.15, 0.2) is 33.9 Å². The summed E-state index contributed by atoms with van der Waals surface area (Å²) in [7, 11) is 0. The van der Waals surface area contributed by atoms with Crippen LogP contribution < -0.4 is 29.7 Å². The van der Waals surface area contributed by atoms with Gasteiger partial charge in [0.15, 0.2) is 17.6 Å². The fourth-order valence-electron chi connectivity index (χ4n) is 3.78. The maximum absolute atomic E-state index is 12.5. The molecule has 1 aromatic carbocycles. The maximum Gasteiger partial charge on any atom is 0.326 e. The molecule has 0 amide bonds. The first-order valence-electron chi connectivity index (χ1n) is 11.9. The number of ether oxygens (including phenoxy) is 4. The average Bonchev–Trinajstić information content (AvgIpc) is 3.34. The Labute approximate surface area is 212 Å². The monoisotopic (exact) mass is 522 g/mol. The van der Waals surface area contributed by atoms with Crippen LogP contribution in [0.2, 0.25) is 0 Å². The number of nitrogens with zero attached hydrogens (tertiary/aromatic N) is 5. The van der Waals surface area contributed by atoms with Gasteiger partial charge in [-0.15, -0.1) is 15.1 Å². The van der Waals surface area contributed by atoms with Crippen LogP contribution in [0.3, 0.4) is 0 Å². The van der Waals surface area contributed by atoms with Gasteiger partial charge in [0.25, 0.3) is 11.3 Å². The second-order valence-corrected chi connectivity index (χ2v) is 8.73. The SMILES string of the molecule is CC(C)NCC(COc1cccc2c1OCC(O[N+](=O)[O-])C2)O/C([O-])=N/c1c[n+](N2CCOCC2)no1. The first-order chi connectivity index (χ1) is 17.9. The van der Waals surface area contributed by atoms with E-state index >= 15 is 0 Å². The molecule has 3 heterocycles. The Bertz CT molecular complexity index is 1070. The molecule has 2 atom stereocenters. The van der Waals surface area contributed by atoms with Crippen LogP contribution >= 0.6 is 0 Å². The van der Waals surface area contributed by atoms with Gasteiger partial charge in [0.05, 0.1) is 37.2 Å². The van der Waals surface area contributed by atoms with Crippen LogP contribution in [0.1, 0.15) is 19.4 Å². The van der Waals surface area contributed by atoms with Crippen molar-refractivity contribution in [3.05, 3.63) is 40.1 Å². The van der Waals surface area contributed by atoms with E-state index in [0.717, 1.165) is 5.56 Å². The van der Waals surface area contributed by atoms with Crippen LogP contribution in [0, 0.1) is 10.1 Å². The van der Waals surface area contributed by atoms with Crippen LogP contribution in [-0.2, 0) is 20.7 Å². The molecular formula is C22H30N6O9. The number of aliphatic imine (C=N–C) groups is 1. The van der Waals surface area contributed by atoms with Gasteiger partial charge in [-0.1, -0.05) is 26.0 Å². The summed E-state index contributed by atoms with van der Waals surface area (Å²) in [5, 5.41) is 31.3. The van der Waals surface area contributed by atoms with Crippen molar-refractivity contribution in [1.29, 1.82) is 0 Å². The van der Waals surface area contributed by atoms with E-state index in [1.54, 1.807) is 18.2 Å². The Kier molecular flexibility index (Phi) is 8.79. The zero-order valence-corrected chi connectivity index (χ0v) is 20.6. The molecule has 37 heavy (non-hydrogen) atoms. The van der Waals surface area contributed by atoms with Crippen molar-refractivity contribution in [2.75, 3.05) is 51.1 Å². The highest BCUT2D eigenvalue weighted by molar-refractivity contribution is 5.65. The quantitative estimate of drug-likeness (QED) is 0.129. The number of para-hydroxylation sites is 1. The zero-order valence-electron chi connectivity index (χ0n) is 20.6. The minimum absolute atomic E-state index is 0.00463. The Hall–Kier alpha value is -3.85. The zero-order chi connectivity index (χ0) is 26.2. The molecule has 1 N–H and O–H groups in total. The second kappa shape index (κ2) is 12.4. The lowest BCUT2D eigenvalue weighted by Gasteiger charge is -2.29. The lowest BCUT2D eigenvalue weighted by atomic mass is 10.0. The number of aromatic nitrogens is 2. The summed E-state index contributed by atoms with van der Waals surface area (Å²) in [5.74, 6) is 0.915. The Morgan fingerprint density at radius 3 is 2.95 bits per heavy atom. The molecule has 0 bridgehead atoms. The fraction of sp³-hybridized carbons (Fsp3) is 0.591. The molecule has 15 heteroatoms. The smallest absolute Gasteiger partial charge is 0.326 e. The summed E-state index contributed by atoms with van der Waals surface area (Å²) < 4.78 is 27.6. The van der Waals surface area contributed by atoms with Crippen molar-refractivity contribution in [2.24, 2.45) is 4.99 Å². The molecule has 1 fully saturated rings. The first-order valence-corrected chi connectivity index (χ1v) is 11.9. The van der Waals surface area contributed by atoms with E-state index in [4.69, 9.17) is 23.5 Å². The van der Waals surface area contributed by atoms with Crippen molar-refractivity contribution in [3.63, 3.8) is 0 Å². The number of fused-ring (bicyclic) bond motifs is 1. The average molecular weight is 523 g/mol. The van der Waals surface area contributed by atoms with Gasteiger partial charge in [-0.2, -0.15) is 4.99 Å². The van der Waals surface area contributed by atoms with Gasteiger partial charge < -0.3 is 34.2 Å². The van der Waals surface area contributed by atoms with Crippen LogP contribution in [0.4, 0.5) is 5.88 Å². The molecular weight excluding hydrogens is 492 g/mol. The lowest BCUT2D eigenvalue weighted by molar-refractivity contribution is -0.769. The molecule has 2 aliphatic heterocycles. The molecule has 0 radical (unpaired) electrons. The van der Waals surface area contributed by atoms with Gasteiger partial charge in [-0.25, -0.2) is 0 Å². The summed E-state index contributed by atoms with van der Waals surface area (Å²) in [5.41, 5.74) is 0.721. The van der Waals surface area contributed by atoms with Crippen LogP contribution in [0.5, 0.6) is 11.5 Å². The van der Waals surface area contributed by atoms with Gasteiger partial charge in [0.2, 0.25) is 5.27 Å². The van der Waals surface area contributed by atoms with E-state index in [1.165, 1.54) is 11.0 Å². The third kappa shape index (κ3) is 7.57. The first kappa shape index (κ1) is 26.2. The molecule has 0 spiro atoms. The van der Waals surface area contributed by atoms with Crippen molar-refractivity contribution in [3.8, 4) is 11.5 Å². The highest BCUT2D eigenvalue weighted by Gasteiger charge is 2.26. The minimum atomic E-state index is -0.851. The molecule has 2 unspecified atom stereocenters. The van der Waals surface area contributed by atoms with E-state index < -0.39 is 23.4 Å². The van der Waals surface area contributed by atoms with E-state index in [9.17, 15) is 15.2 Å². The van der Waals surface area contributed by atoms with Crippen molar-refractivity contribution < 1.29 is 43.3 Å². The summed E-state index contributed by atoms with van der Waals surface area (Å²) in [6, 6.07) is 5.40. The maximum atomic E-state index is 12.5. The summed E-state index contributed by atoms with van der Waals surface area (Å²) in [6.07, 6.45) is -0.426. The predicted octanol–water partition coefficient (Wildman–Crippen LogP) is -0.748. The molecule has 1 saturated heterocycles. The molecule has 2 aliphatic rings. The Morgan fingerprint density at radius 1 is 1.38 bits per heavy atom. The Balaban J connectivity index is 1.38. The van der Waals surface area contributed by atoms with E-state index in [0.29, 0.717) is 50.8 Å². The van der Waals surface area contributed by atoms with E-state index in [2.05, 4.69) is 20.4 Å². The highest BCUT2D eigenvalue weighted by Crippen LogP contribution is 2.35. The standard InChI is InChI=1S/C22H30N6O9/c1-15(2)23-11-18(35-22(29)24-20-12-27(25-36-20)26-6-8-32-9-7-26)14-33-19-5-3-4-16-10-17(37-28(30)31)13-34-21(16)19/h3-5,12,15,17-18,23H,6-11,13-14H2,1-2H3. The topological polar surface area (TPSA) is 170 Å².